The van der Waals surface area contributed by atoms with Gasteiger partial charge in [-0.1, -0.05) is 13.8 Å². The van der Waals surface area contributed by atoms with Gasteiger partial charge in [0.1, 0.15) is 0 Å². The van der Waals surface area contributed by atoms with Gasteiger partial charge in [0.2, 0.25) is 0 Å². The largest absolute Gasteiger partial charge is 0.377 e. The van der Waals surface area contributed by atoms with Gasteiger partial charge in [-0.05, 0) is 90.3 Å². The van der Waals surface area contributed by atoms with E-state index in [-0.39, 0.29) is 0 Å². The van der Waals surface area contributed by atoms with Crippen molar-refractivity contribution in [3.05, 3.63) is 0 Å². The third-order valence-corrected chi connectivity index (χ3v) is 6.56. The second kappa shape index (κ2) is 10.1. The normalized spacial score (nSPS) is 27.5. The number of likely N-dealkylation sites (N-methyl/N-ethyl adjacent to an activating group) is 1. The second-order valence-electron chi connectivity index (χ2n) is 8.97. The molecule has 0 radical (unpaired) electrons. The van der Waals surface area contributed by atoms with Crippen molar-refractivity contribution < 1.29 is 4.74 Å². The molecular formula is C21H42N2O. The molecule has 2 fully saturated rings. The average molecular weight is 339 g/mol. The van der Waals surface area contributed by atoms with E-state index < -0.39 is 0 Å². The molecule has 1 aliphatic heterocycles. The lowest BCUT2D eigenvalue weighted by Crippen LogP contribution is -2.39. The molecule has 0 aromatic carbocycles. The summed E-state index contributed by atoms with van der Waals surface area (Å²) in [6.45, 7) is 15.2. The van der Waals surface area contributed by atoms with Crippen molar-refractivity contribution in [2.45, 2.75) is 78.4 Å². The predicted octanol–water partition coefficient (Wildman–Crippen LogP) is 4.27. The number of piperidine rings is 1. The van der Waals surface area contributed by atoms with E-state index >= 15 is 0 Å². The van der Waals surface area contributed by atoms with E-state index in [1.165, 1.54) is 58.2 Å². The predicted molar refractivity (Wildman–Crippen MR) is 103 cm³/mol. The van der Waals surface area contributed by atoms with Gasteiger partial charge in [0.05, 0.1) is 12.7 Å². The summed E-state index contributed by atoms with van der Waals surface area (Å²) in [5.41, 5.74) is 0. The first-order valence-electron chi connectivity index (χ1n) is 10.5. The number of likely N-dealkylation sites (tertiary alicyclic amines) is 1. The van der Waals surface area contributed by atoms with Gasteiger partial charge in [0, 0.05) is 19.1 Å². The molecular weight excluding hydrogens is 296 g/mol. The lowest BCUT2D eigenvalue weighted by Gasteiger charge is -2.37. The molecule has 0 N–H and O–H groups in total. The molecule has 142 valence electrons. The van der Waals surface area contributed by atoms with Crippen LogP contribution in [0.3, 0.4) is 0 Å². The van der Waals surface area contributed by atoms with Gasteiger partial charge < -0.3 is 14.5 Å². The van der Waals surface area contributed by atoms with Crippen LogP contribution in [0.2, 0.25) is 0 Å². The number of ether oxygens (including phenoxy) is 1. The fourth-order valence-corrected chi connectivity index (χ4v) is 4.27. The van der Waals surface area contributed by atoms with Crippen LogP contribution in [-0.2, 0) is 4.74 Å². The summed E-state index contributed by atoms with van der Waals surface area (Å²) in [5, 5.41) is 0. The van der Waals surface area contributed by atoms with E-state index in [0.717, 1.165) is 30.9 Å². The van der Waals surface area contributed by atoms with Gasteiger partial charge in [-0.2, -0.15) is 0 Å². The maximum absolute atomic E-state index is 6.13. The highest BCUT2D eigenvalue weighted by molar-refractivity contribution is 4.79. The monoisotopic (exact) mass is 338 g/mol. The maximum Gasteiger partial charge on any atom is 0.0597 e. The quantitative estimate of drug-likeness (QED) is 0.657. The summed E-state index contributed by atoms with van der Waals surface area (Å²) < 4.78 is 6.13. The Morgan fingerprint density at radius 3 is 2.12 bits per heavy atom. The van der Waals surface area contributed by atoms with Crippen molar-refractivity contribution in [1.29, 1.82) is 0 Å². The van der Waals surface area contributed by atoms with Crippen LogP contribution in [0, 0.1) is 17.8 Å². The Hall–Kier alpha value is -0.120. The van der Waals surface area contributed by atoms with E-state index in [4.69, 9.17) is 4.74 Å². The molecule has 2 rings (SSSR count). The highest BCUT2D eigenvalue weighted by Crippen LogP contribution is 2.29. The molecule has 0 unspecified atom stereocenters. The van der Waals surface area contributed by atoms with E-state index in [1.54, 1.807) is 0 Å². The first-order chi connectivity index (χ1) is 11.5. The van der Waals surface area contributed by atoms with Gasteiger partial charge in [-0.25, -0.2) is 0 Å². The van der Waals surface area contributed by atoms with Crippen LogP contribution in [0.1, 0.15) is 66.2 Å². The zero-order chi connectivity index (χ0) is 17.5. The second-order valence-corrected chi connectivity index (χ2v) is 8.97. The van der Waals surface area contributed by atoms with Crippen LogP contribution in [0.5, 0.6) is 0 Å². The number of hydrogen-bond acceptors (Lipinski definition) is 3. The first-order valence-corrected chi connectivity index (χ1v) is 10.5. The summed E-state index contributed by atoms with van der Waals surface area (Å²) in [6, 6.07) is 0.615. The minimum atomic E-state index is 0.522. The molecule has 0 amide bonds. The average Bonchev–Trinajstić information content (AvgIpc) is 2.56. The lowest BCUT2D eigenvalue weighted by molar-refractivity contribution is 0.00229. The van der Waals surface area contributed by atoms with Gasteiger partial charge in [0.25, 0.3) is 0 Å². The van der Waals surface area contributed by atoms with Crippen LogP contribution in [0.25, 0.3) is 0 Å². The van der Waals surface area contributed by atoms with Crippen LogP contribution < -0.4 is 0 Å². The maximum atomic E-state index is 6.13. The molecule has 0 bridgehead atoms. The van der Waals surface area contributed by atoms with Crippen molar-refractivity contribution in [3.8, 4) is 0 Å². The van der Waals surface area contributed by atoms with Crippen LogP contribution in [0.4, 0.5) is 0 Å². The molecule has 1 aliphatic carbocycles. The zero-order valence-corrected chi connectivity index (χ0v) is 17.0. The van der Waals surface area contributed by atoms with E-state index in [1.807, 2.05) is 0 Å². The fourth-order valence-electron chi connectivity index (χ4n) is 4.27. The standard InChI is InChI=1S/C21H42N2O/c1-17(2)20-10-12-23(13-11-20)16-19-6-8-21(9-7-19)24-15-14-22(5)18(3)4/h17-21H,6-16H2,1-5H3. The molecule has 2 aliphatic rings. The van der Waals surface area contributed by atoms with Crippen molar-refractivity contribution in [3.63, 3.8) is 0 Å². The summed E-state index contributed by atoms with van der Waals surface area (Å²) >= 11 is 0. The van der Waals surface area contributed by atoms with Crippen LogP contribution >= 0.6 is 0 Å². The van der Waals surface area contributed by atoms with Crippen molar-refractivity contribution >= 4 is 0 Å². The third kappa shape index (κ3) is 6.65. The van der Waals surface area contributed by atoms with E-state index in [0.29, 0.717) is 12.1 Å². The van der Waals surface area contributed by atoms with Gasteiger partial charge in [-0.3, -0.25) is 0 Å². The molecule has 0 atom stereocenters. The minimum Gasteiger partial charge on any atom is -0.377 e. The number of nitrogens with zero attached hydrogens (tertiary/aromatic N) is 2. The van der Waals surface area contributed by atoms with E-state index in [2.05, 4.69) is 44.5 Å². The molecule has 24 heavy (non-hydrogen) atoms. The number of rotatable bonds is 8. The molecule has 1 saturated carbocycles. The molecule has 1 heterocycles. The van der Waals surface area contributed by atoms with Crippen molar-refractivity contribution in [1.82, 2.24) is 9.80 Å². The molecule has 0 aromatic heterocycles. The minimum absolute atomic E-state index is 0.522. The third-order valence-electron chi connectivity index (χ3n) is 6.56. The summed E-state index contributed by atoms with van der Waals surface area (Å²) in [5.74, 6) is 2.75. The Kier molecular flexibility index (Phi) is 8.53. The Bertz CT molecular complexity index is 329. The topological polar surface area (TPSA) is 15.7 Å². The smallest absolute Gasteiger partial charge is 0.0597 e. The Morgan fingerprint density at radius 2 is 1.58 bits per heavy atom. The summed E-state index contributed by atoms with van der Waals surface area (Å²) in [6.07, 6.45) is 8.65. The van der Waals surface area contributed by atoms with Crippen LogP contribution in [0.15, 0.2) is 0 Å². The molecule has 0 aromatic rings. The highest BCUT2D eigenvalue weighted by atomic mass is 16.5. The fraction of sp³-hybridized carbons (Fsp3) is 1.00. The summed E-state index contributed by atoms with van der Waals surface area (Å²) in [7, 11) is 2.19. The molecule has 3 nitrogen and oxygen atoms in total. The van der Waals surface area contributed by atoms with Gasteiger partial charge >= 0.3 is 0 Å². The van der Waals surface area contributed by atoms with Crippen LogP contribution in [-0.4, -0.2) is 61.8 Å². The van der Waals surface area contributed by atoms with Crippen molar-refractivity contribution in [2.75, 3.05) is 39.8 Å². The summed E-state index contributed by atoms with van der Waals surface area (Å²) in [4.78, 5) is 5.11. The van der Waals surface area contributed by atoms with E-state index in [9.17, 15) is 0 Å². The zero-order valence-electron chi connectivity index (χ0n) is 17.0. The molecule has 0 spiro atoms. The first kappa shape index (κ1) is 20.2. The molecule has 1 saturated heterocycles. The number of hydrogen-bond donors (Lipinski definition) is 0. The lowest BCUT2D eigenvalue weighted by atomic mass is 9.84. The SMILES string of the molecule is CC(C)C1CCN(CC2CCC(OCCN(C)C(C)C)CC2)CC1. The van der Waals surface area contributed by atoms with Gasteiger partial charge in [0.15, 0.2) is 0 Å². The van der Waals surface area contributed by atoms with Crippen molar-refractivity contribution in [2.24, 2.45) is 17.8 Å². The molecule has 3 heteroatoms. The van der Waals surface area contributed by atoms with Gasteiger partial charge in [-0.15, -0.1) is 0 Å². The Labute approximate surface area is 151 Å². The Morgan fingerprint density at radius 1 is 0.958 bits per heavy atom. The Balaban J connectivity index is 1.56. The highest BCUT2D eigenvalue weighted by Gasteiger charge is 2.26.